The first-order valence-electron chi connectivity index (χ1n) is 6.77. The second kappa shape index (κ2) is 5.65. The molecule has 0 aromatic heterocycles. The molecule has 94 valence electrons. The molecule has 1 heterocycles. The third kappa shape index (κ3) is 2.53. The van der Waals surface area contributed by atoms with E-state index in [0.717, 1.165) is 13.1 Å². The highest BCUT2D eigenvalue weighted by molar-refractivity contribution is 5.29. The van der Waals surface area contributed by atoms with E-state index in [2.05, 4.69) is 43.0 Å². The topological polar surface area (TPSA) is 29.3 Å². The number of aryl methyl sites for hydroxylation is 1. The average Bonchev–Trinajstić information content (AvgIpc) is 2.38. The molecule has 1 aromatic carbocycles. The number of nitrogens with zero attached hydrogens (tertiary/aromatic N) is 1. The molecule has 2 heteroatoms. The van der Waals surface area contributed by atoms with Gasteiger partial charge in [-0.2, -0.15) is 0 Å². The normalized spacial score (nSPS) is 26.1. The first-order chi connectivity index (χ1) is 8.27. The zero-order valence-corrected chi connectivity index (χ0v) is 11.0. The Labute approximate surface area is 105 Å². The summed E-state index contributed by atoms with van der Waals surface area (Å²) in [6, 6.07) is 9.29. The first-order valence-corrected chi connectivity index (χ1v) is 6.77. The van der Waals surface area contributed by atoms with Crippen molar-refractivity contribution in [3.8, 4) is 0 Å². The van der Waals surface area contributed by atoms with Crippen molar-refractivity contribution in [1.29, 1.82) is 0 Å². The lowest BCUT2D eigenvalue weighted by Gasteiger charge is -2.41. The summed E-state index contributed by atoms with van der Waals surface area (Å²) in [5, 5.41) is 0. The molecule has 0 spiro atoms. The molecule has 1 aromatic rings. The minimum absolute atomic E-state index is 0.528. The van der Waals surface area contributed by atoms with Crippen LogP contribution in [0.4, 0.5) is 0 Å². The van der Waals surface area contributed by atoms with Crippen molar-refractivity contribution in [2.24, 2.45) is 11.7 Å². The van der Waals surface area contributed by atoms with Crippen molar-refractivity contribution in [3.05, 3.63) is 35.4 Å². The van der Waals surface area contributed by atoms with Gasteiger partial charge in [0.15, 0.2) is 0 Å². The molecular weight excluding hydrogens is 208 g/mol. The third-order valence-corrected chi connectivity index (χ3v) is 4.08. The van der Waals surface area contributed by atoms with Crippen molar-refractivity contribution < 1.29 is 0 Å². The predicted molar refractivity (Wildman–Crippen MR) is 72.9 cm³/mol. The fourth-order valence-corrected chi connectivity index (χ4v) is 3.12. The Bertz CT molecular complexity index is 350. The minimum Gasteiger partial charge on any atom is -0.330 e. The van der Waals surface area contributed by atoms with Crippen LogP contribution in [0.2, 0.25) is 0 Å². The number of likely N-dealkylation sites (tertiary alicyclic amines) is 1. The maximum atomic E-state index is 5.97. The number of piperidine rings is 1. The number of hydrogen-bond donors (Lipinski definition) is 1. The predicted octanol–water partition coefficient (Wildman–Crippen LogP) is 2.73. The molecule has 1 aliphatic rings. The molecule has 1 fully saturated rings. The molecular formula is C15H24N2. The minimum atomic E-state index is 0.528. The largest absolute Gasteiger partial charge is 0.330 e. The van der Waals surface area contributed by atoms with Gasteiger partial charge in [-0.1, -0.05) is 31.2 Å². The Balaban J connectivity index is 2.33. The number of rotatable bonds is 3. The van der Waals surface area contributed by atoms with E-state index in [1.165, 1.54) is 30.5 Å². The van der Waals surface area contributed by atoms with Gasteiger partial charge >= 0.3 is 0 Å². The molecule has 2 atom stereocenters. The Kier molecular flexibility index (Phi) is 4.19. The monoisotopic (exact) mass is 232 g/mol. The van der Waals surface area contributed by atoms with Crippen molar-refractivity contribution in [1.82, 2.24) is 4.90 Å². The van der Waals surface area contributed by atoms with Gasteiger partial charge in [0.2, 0.25) is 0 Å². The van der Waals surface area contributed by atoms with E-state index < -0.39 is 0 Å². The zero-order chi connectivity index (χ0) is 12.3. The van der Waals surface area contributed by atoms with Gasteiger partial charge in [-0.25, -0.2) is 0 Å². The molecule has 0 amide bonds. The fraction of sp³-hybridized carbons (Fsp3) is 0.600. The van der Waals surface area contributed by atoms with Crippen LogP contribution in [0.1, 0.15) is 36.9 Å². The molecule has 0 saturated carbocycles. The van der Waals surface area contributed by atoms with Gasteiger partial charge in [-0.05, 0) is 56.4 Å². The molecule has 2 unspecified atom stereocenters. The van der Waals surface area contributed by atoms with E-state index in [1.807, 2.05) is 0 Å². The van der Waals surface area contributed by atoms with Crippen molar-refractivity contribution in [2.45, 2.75) is 32.7 Å². The highest BCUT2D eigenvalue weighted by Crippen LogP contribution is 2.36. The maximum Gasteiger partial charge on any atom is 0.0390 e. The summed E-state index contributed by atoms with van der Waals surface area (Å²) in [7, 11) is 0. The number of hydrogen-bond acceptors (Lipinski definition) is 2. The smallest absolute Gasteiger partial charge is 0.0390 e. The quantitative estimate of drug-likeness (QED) is 0.868. The van der Waals surface area contributed by atoms with Gasteiger partial charge in [-0.15, -0.1) is 0 Å². The average molecular weight is 232 g/mol. The molecule has 1 aliphatic heterocycles. The van der Waals surface area contributed by atoms with Gasteiger partial charge < -0.3 is 5.73 Å². The summed E-state index contributed by atoms with van der Waals surface area (Å²) in [6.45, 7) is 7.60. The van der Waals surface area contributed by atoms with Crippen LogP contribution in [0, 0.1) is 12.8 Å². The van der Waals surface area contributed by atoms with E-state index in [-0.39, 0.29) is 0 Å². The Morgan fingerprint density at radius 1 is 1.35 bits per heavy atom. The second-order valence-electron chi connectivity index (χ2n) is 5.07. The van der Waals surface area contributed by atoms with E-state index in [9.17, 15) is 0 Å². The Hall–Kier alpha value is -0.860. The van der Waals surface area contributed by atoms with E-state index in [1.54, 1.807) is 0 Å². The molecule has 0 radical (unpaired) electrons. The molecule has 1 saturated heterocycles. The van der Waals surface area contributed by atoms with Gasteiger partial charge in [0.25, 0.3) is 0 Å². The second-order valence-corrected chi connectivity index (χ2v) is 5.07. The van der Waals surface area contributed by atoms with Crippen molar-refractivity contribution >= 4 is 0 Å². The van der Waals surface area contributed by atoms with Gasteiger partial charge in [-0.3, -0.25) is 4.90 Å². The van der Waals surface area contributed by atoms with Crippen LogP contribution >= 0.6 is 0 Å². The van der Waals surface area contributed by atoms with Crippen LogP contribution in [0.25, 0.3) is 0 Å². The summed E-state index contributed by atoms with van der Waals surface area (Å²) in [6.07, 6.45) is 2.56. The van der Waals surface area contributed by atoms with Gasteiger partial charge in [0.05, 0.1) is 0 Å². The standard InChI is InChI=1S/C15H24N2/c1-3-17-10-6-8-13(11-16)15(17)14-9-5-4-7-12(14)2/h4-5,7,9,13,15H,3,6,8,10-11,16H2,1-2H3. The van der Waals surface area contributed by atoms with E-state index in [0.29, 0.717) is 12.0 Å². The number of benzene rings is 1. The van der Waals surface area contributed by atoms with Crippen LogP contribution in [-0.2, 0) is 0 Å². The lowest BCUT2D eigenvalue weighted by Crippen LogP contribution is -2.41. The van der Waals surface area contributed by atoms with Crippen LogP contribution in [0.3, 0.4) is 0 Å². The number of nitrogens with two attached hydrogens (primary N) is 1. The summed E-state index contributed by atoms with van der Waals surface area (Å²) >= 11 is 0. The maximum absolute atomic E-state index is 5.97. The lowest BCUT2D eigenvalue weighted by molar-refractivity contribution is 0.102. The molecule has 0 aliphatic carbocycles. The summed E-state index contributed by atoms with van der Waals surface area (Å²) in [5.74, 6) is 0.616. The van der Waals surface area contributed by atoms with Crippen LogP contribution < -0.4 is 5.73 Å². The Morgan fingerprint density at radius 2 is 2.12 bits per heavy atom. The summed E-state index contributed by atoms with van der Waals surface area (Å²) in [5.41, 5.74) is 8.85. The molecule has 2 rings (SSSR count). The van der Waals surface area contributed by atoms with Crippen LogP contribution in [0.5, 0.6) is 0 Å². The Morgan fingerprint density at radius 3 is 2.76 bits per heavy atom. The molecule has 0 bridgehead atoms. The first kappa shape index (κ1) is 12.6. The van der Waals surface area contributed by atoms with Gasteiger partial charge in [0, 0.05) is 6.04 Å². The summed E-state index contributed by atoms with van der Waals surface area (Å²) < 4.78 is 0. The molecule has 2 nitrogen and oxygen atoms in total. The van der Waals surface area contributed by atoms with Crippen molar-refractivity contribution in [3.63, 3.8) is 0 Å². The fourth-order valence-electron chi connectivity index (χ4n) is 3.12. The van der Waals surface area contributed by atoms with Crippen LogP contribution in [-0.4, -0.2) is 24.5 Å². The van der Waals surface area contributed by atoms with Crippen LogP contribution in [0.15, 0.2) is 24.3 Å². The molecule has 2 N–H and O–H groups in total. The SMILES string of the molecule is CCN1CCCC(CN)C1c1ccccc1C. The van der Waals surface area contributed by atoms with E-state index >= 15 is 0 Å². The van der Waals surface area contributed by atoms with Crippen molar-refractivity contribution in [2.75, 3.05) is 19.6 Å². The third-order valence-electron chi connectivity index (χ3n) is 4.08. The highest BCUT2D eigenvalue weighted by atomic mass is 15.2. The summed E-state index contributed by atoms with van der Waals surface area (Å²) in [4.78, 5) is 2.59. The zero-order valence-electron chi connectivity index (χ0n) is 11.0. The van der Waals surface area contributed by atoms with E-state index in [4.69, 9.17) is 5.73 Å². The highest BCUT2D eigenvalue weighted by Gasteiger charge is 2.31. The molecule has 17 heavy (non-hydrogen) atoms. The van der Waals surface area contributed by atoms with Gasteiger partial charge in [0.1, 0.15) is 0 Å². The lowest BCUT2D eigenvalue weighted by atomic mass is 9.83.